The lowest BCUT2D eigenvalue weighted by molar-refractivity contribution is -0.153. The average Bonchev–Trinajstić information content (AvgIpc) is 2.78. The maximum Gasteiger partial charge on any atom is 0.326 e. The number of ether oxygens (including phenoxy) is 1. The maximum absolute atomic E-state index is 12.8. The molecule has 1 atom stereocenters. The van der Waals surface area contributed by atoms with Crippen molar-refractivity contribution in [2.24, 2.45) is 0 Å². The van der Waals surface area contributed by atoms with Crippen molar-refractivity contribution >= 4 is 51.0 Å². The number of carbonyl (C=O) groups excluding carboxylic acids is 2. The normalized spacial score (nSPS) is 11.9. The standard InChI is InChI=1S/C23H18ClN3O4/c1-14(23(30)26-17-9-6-12-25-22(17)24)31-20(28)13-27-18-10-4-2-7-15(18)21(29)16-8-3-5-11-19(16)27/h2-12,14H,13H2,1H3,(H,26,30)/t14-/m1/s1. The van der Waals surface area contributed by atoms with Gasteiger partial charge in [-0.3, -0.25) is 14.4 Å². The highest BCUT2D eigenvalue weighted by Crippen LogP contribution is 2.20. The molecule has 0 radical (unpaired) electrons. The van der Waals surface area contributed by atoms with E-state index in [1.54, 1.807) is 65.2 Å². The Morgan fingerprint density at radius 3 is 2.26 bits per heavy atom. The molecule has 7 nitrogen and oxygen atoms in total. The van der Waals surface area contributed by atoms with Gasteiger partial charge in [0.1, 0.15) is 6.54 Å². The highest BCUT2D eigenvalue weighted by Gasteiger charge is 2.20. The second-order valence-corrected chi connectivity index (χ2v) is 7.27. The Bertz CT molecular complexity index is 1310. The van der Waals surface area contributed by atoms with E-state index in [0.29, 0.717) is 27.5 Å². The number of carbonyl (C=O) groups is 2. The van der Waals surface area contributed by atoms with E-state index >= 15 is 0 Å². The SMILES string of the molecule is C[C@@H](OC(=O)Cn1c2ccccc2c(=O)c2ccccc21)C(=O)Nc1cccnc1Cl. The molecule has 0 spiro atoms. The number of hydrogen-bond acceptors (Lipinski definition) is 5. The summed E-state index contributed by atoms with van der Waals surface area (Å²) in [5.41, 5.74) is 1.45. The van der Waals surface area contributed by atoms with E-state index in [2.05, 4.69) is 10.3 Å². The summed E-state index contributed by atoms with van der Waals surface area (Å²) in [6.45, 7) is 1.31. The minimum Gasteiger partial charge on any atom is -0.451 e. The van der Waals surface area contributed by atoms with Crippen LogP contribution in [-0.4, -0.2) is 27.5 Å². The molecule has 8 heteroatoms. The number of nitrogens with one attached hydrogen (secondary N) is 1. The third kappa shape index (κ3) is 4.13. The van der Waals surface area contributed by atoms with E-state index in [9.17, 15) is 14.4 Å². The summed E-state index contributed by atoms with van der Waals surface area (Å²) in [5, 5.41) is 3.74. The molecule has 0 aliphatic heterocycles. The Morgan fingerprint density at radius 1 is 1.03 bits per heavy atom. The van der Waals surface area contributed by atoms with Crippen molar-refractivity contribution in [1.82, 2.24) is 9.55 Å². The number of pyridine rings is 2. The van der Waals surface area contributed by atoms with Crippen LogP contribution in [0, 0.1) is 0 Å². The number of benzene rings is 2. The number of hydrogen-bond donors (Lipinski definition) is 1. The molecule has 2 aromatic heterocycles. The molecule has 156 valence electrons. The van der Waals surface area contributed by atoms with Gasteiger partial charge in [-0.25, -0.2) is 4.98 Å². The van der Waals surface area contributed by atoms with Crippen LogP contribution in [0.5, 0.6) is 0 Å². The molecule has 2 aromatic carbocycles. The van der Waals surface area contributed by atoms with Crippen LogP contribution in [0.4, 0.5) is 5.69 Å². The lowest BCUT2D eigenvalue weighted by Gasteiger charge is -2.17. The van der Waals surface area contributed by atoms with E-state index in [4.69, 9.17) is 16.3 Å². The summed E-state index contributed by atoms with van der Waals surface area (Å²) in [6.07, 6.45) is 0.446. The zero-order chi connectivity index (χ0) is 22.0. The van der Waals surface area contributed by atoms with Gasteiger partial charge < -0.3 is 14.6 Å². The lowest BCUT2D eigenvalue weighted by atomic mass is 10.1. The second-order valence-electron chi connectivity index (χ2n) is 6.91. The summed E-state index contributed by atoms with van der Waals surface area (Å²) < 4.78 is 7.06. The first-order valence-electron chi connectivity index (χ1n) is 9.57. The molecule has 0 bridgehead atoms. The molecule has 0 aliphatic carbocycles. The molecule has 1 N–H and O–H groups in total. The van der Waals surface area contributed by atoms with Gasteiger partial charge in [0.15, 0.2) is 16.7 Å². The van der Waals surface area contributed by atoms with Crippen LogP contribution in [0.2, 0.25) is 5.15 Å². The molecule has 31 heavy (non-hydrogen) atoms. The van der Waals surface area contributed by atoms with Crippen LogP contribution in [0.1, 0.15) is 6.92 Å². The average molecular weight is 436 g/mol. The number of para-hydroxylation sites is 2. The van der Waals surface area contributed by atoms with Crippen LogP contribution < -0.4 is 10.7 Å². The second kappa shape index (κ2) is 8.57. The van der Waals surface area contributed by atoms with Crippen molar-refractivity contribution in [3.63, 3.8) is 0 Å². The van der Waals surface area contributed by atoms with Crippen molar-refractivity contribution < 1.29 is 14.3 Å². The third-order valence-electron chi connectivity index (χ3n) is 4.86. The molecule has 2 heterocycles. The summed E-state index contributed by atoms with van der Waals surface area (Å²) in [7, 11) is 0. The summed E-state index contributed by atoms with van der Waals surface area (Å²) in [6, 6.07) is 17.4. The first-order valence-corrected chi connectivity index (χ1v) is 9.94. The molecule has 0 saturated heterocycles. The largest absolute Gasteiger partial charge is 0.451 e. The third-order valence-corrected chi connectivity index (χ3v) is 5.16. The number of fused-ring (bicyclic) bond motifs is 2. The molecule has 0 fully saturated rings. The Hall–Kier alpha value is -3.71. The van der Waals surface area contributed by atoms with Gasteiger partial charge in [0, 0.05) is 17.0 Å². The minimum absolute atomic E-state index is 0.100. The van der Waals surface area contributed by atoms with Crippen LogP contribution >= 0.6 is 11.6 Å². The number of rotatable bonds is 5. The quantitative estimate of drug-likeness (QED) is 0.293. The van der Waals surface area contributed by atoms with Gasteiger partial charge in [-0.15, -0.1) is 0 Å². The van der Waals surface area contributed by atoms with Gasteiger partial charge in [-0.2, -0.15) is 0 Å². The van der Waals surface area contributed by atoms with Crippen LogP contribution in [0.15, 0.2) is 71.7 Å². The topological polar surface area (TPSA) is 90.3 Å². The van der Waals surface area contributed by atoms with Gasteiger partial charge in [0.2, 0.25) is 0 Å². The number of halogens is 1. The van der Waals surface area contributed by atoms with Crippen molar-refractivity contribution in [3.8, 4) is 0 Å². The Morgan fingerprint density at radius 2 is 1.65 bits per heavy atom. The molecule has 4 aromatic rings. The van der Waals surface area contributed by atoms with Gasteiger partial charge >= 0.3 is 5.97 Å². The van der Waals surface area contributed by atoms with Crippen LogP contribution in [0.3, 0.4) is 0 Å². The fraction of sp³-hybridized carbons (Fsp3) is 0.130. The zero-order valence-corrected chi connectivity index (χ0v) is 17.3. The van der Waals surface area contributed by atoms with Crippen molar-refractivity contribution in [2.75, 3.05) is 5.32 Å². The molecular formula is C23H18ClN3O4. The Balaban J connectivity index is 1.58. The van der Waals surface area contributed by atoms with E-state index in [0.717, 1.165) is 0 Å². The summed E-state index contributed by atoms with van der Waals surface area (Å²) in [5.74, 6) is -1.14. The van der Waals surface area contributed by atoms with E-state index in [1.165, 1.54) is 13.1 Å². The van der Waals surface area contributed by atoms with E-state index in [-0.39, 0.29) is 17.1 Å². The monoisotopic (exact) mass is 435 g/mol. The fourth-order valence-electron chi connectivity index (χ4n) is 3.38. The minimum atomic E-state index is -1.05. The Kier molecular flexibility index (Phi) is 5.68. The van der Waals surface area contributed by atoms with Gasteiger partial charge in [-0.05, 0) is 43.3 Å². The molecule has 0 unspecified atom stereocenters. The predicted octanol–water partition coefficient (Wildman–Crippen LogP) is 3.77. The van der Waals surface area contributed by atoms with Crippen molar-refractivity contribution in [3.05, 3.63) is 82.2 Å². The summed E-state index contributed by atoms with van der Waals surface area (Å²) in [4.78, 5) is 41.8. The zero-order valence-electron chi connectivity index (χ0n) is 16.5. The number of amides is 1. The first kappa shape index (κ1) is 20.6. The number of esters is 1. The van der Waals surface area contributed by atoms with E-state index in [1.807, 2.05) is 0 Å². The van der Waals surface area contributed by atoms with Crippen LogP contribution in [0.25, 0.3) is 21.8 Å². The first-order chi connectivity index (χ1) is 15.0. The van der Waals surface area contributed by atoms with Crippen molar-refractivity contribution in [1.29, 1.82) is 0 Å². The number of aromatic nitrogens is 2. The lowest BCUT2D eigenvalue weighted by Crippen LogP contribution is -2.31. The van der Waals surface area contributed by atoms with Gasteiger partial charge in [0.25, 0.3) is 5.91 Å². The van der Waals surface area contributed by atoms with Crippen LogP contribution in [-0.2, 0) is 20.9 Å². The molecular weight excluding hydrogens is 418 g/mol. The summed E-state index contributed by atoms with van der Waals surface area (Å²) >= 11 is 5.95. The smallest absolute Gasteiger partial charge is 0.326 e. The molecule has 0 aliphatic rings. The van der Waals surface area contributed by atoms with Gasteiger partial charge in [0.05, 0.1) is 16.7 Å². The number of anilines is 1. The number of nitrogens with zero attached hydrogens (tertiary/aromatic N) is 2. The van der Waals surface area contributed by atoms with Crippen molar-refractivity contribution in [2.45, 2.75) is 19.6 Å². The predicted molar refractivity (Wildman–Crippen MR) is 119 cm³/mol. The molecule has 1 amide bonds. The van der Waals surface area contributed by atoms with E-state index < -0.39 is 18.0 Å². The fourth-order valence-corrected chi connectivity index (χ4v) is 3.54. The maximum atomic E-state index is 12.8. The highest BCUT2D eigenvalue weighted by molar-refractivity contribution is 6.32. The molecule has 4 rings (SSSR count). The highest BCUT2D eigenvalue weighted by atomic mass is 35.5. The Labute approximate surface area is 182 Å². The molecule has 0 saturated carbocycles. The van der Waals surface area contributed by atoms with Gasteiger partial charge in [-0.1, -0.05) is 35.9 Å².